The Kier molecular flexibility index (Phi) is 12.7. The molecule has 3 saturated carbocycles. The van der Waals surface area contributed by atoms with Crippen LogP contribution in [0.1, 0.15) is 92.4 Å². The predicted octanol–water partition coefficient (Wildman–Crippen LogP) is 0.155. The lowest BCUT2D eigenvalue weighted by Crippen LogP contribution is -2.67. The van der Waals surface area contributed by atoms with Gasteiger partial charge in [-0.1, -0.05) is 39.3 Å². The maximum Gasteiger partial charge on any atom is 0.187 e. The number of fused-ring (bicyclic) bond motifs is 9. The summed E-state index contributed by atoms with van der Waals surface area (Å²) in [7, 11) is 0. The van der Waals surface area contributed by atoms with E-state index in [0.717, 1.165) is 36.6 Å². The third-order valence-corrected chi connectivity index (χ3v) is 18.0. The van der Waals surface area contributed by atoms with Gasteiger partial charge in [-0.2, -0.15) is 0 Å². The Morgan fingerprint density at radius 1 is 0.672 bits per heavy atom. The molecular formula is C45H73NO15. The van der Waals surface area contributed by atoms with Gasteiger partial charge in [-0.05, 0) is 111 Å². The third-order valence-electron chi connectivity index (χ3n) is 18.0. The van der Waals surface area contributed by atoms with Crippen molar-refractivity contribution in [2.75, 3.05) is 19.8 Å². The largest absolute Gasteiger partial charge is 0.394 e. The summed E-state index contributed by atoms with van der Waals surface area (Å²) in [4.78, 5) is 2.94. The molecule has 8 fully saturated rings. The molecule has 26 atom stereocenters. The lowest BCUT2D eigenvalue weighted by Gasteiger charge is -2.58. The molecular weight excluding hydrogens is 794 g/mol. The fourth-order valence-corrected chi connectivity index (χ4v) is 14.8. The monoisotopic (exact) mass is 867 g/mol. The molecule has 5 saturated heterocycles. The number of aliphatic hydroxyl groups is 9. The lowest BCUT2D eigenvalue weighted by molar-refractivity contribution is -0.389. The van der Waals surface area contributed by atoms with E-state index in [1.165, 1.54) is 51.1 Å². The van der Waals surface area contributed by atoms with Crippen molar-refractivity contribution in [2.24, 2.45) is 46.3 Å². The van der Waals surface area contributed by atoms with Gasteiger partial charge in [0.2, 0.25) is 0 Å². The molecule has 0 spiro atoms. The van der Waals surface area contributed by atoms with E-state index in [1.54, 1.807) is 0 Å². The zero-order valence-corrected chi connectivity index (χ0v) is 36.3. The molecule has 348 valence electrons. The van der Waals surface area contributed by atoms with Crippen LogP contribution in [-0.4, -0.2) is 181 Å². The Labute approximate surface area is 359 Å². The second-order valence-corrected chi connectivity index (χ2v) is 21.2. The highest BCUT2D eigenvalue weighted by atomic mass is 16.8. The minimum Gasteiger partial charge on any atom is -0.394 e. The van der Waals surface area contributed by atoms with Crippen molar-refractivity contribution in [3.63, 3.8) is 0 Å². The molecule has 61 heavy (non-hydrogen) atoms. The highest BCUT2D eigenvalue weighted by Gasteiger charge is 2.66. The topological polar surface area (TPSA) is 241 Å². The van der Waals surface area contributed by atoms with E-state index in [4.69, 9.17) is 28.4 Å². The molecule has 0 aromatic rings. The highest BCUT2D eigenvalue weighted by Crippen LogP contribution is 2.70. The molecule has 16 nitrogen and oxygen atoms in total. The molecule has 6 unspecified atom stereocenters. The molecule has 5 heterocycles. The summed E-state index contributed by atoms with van der Waals surface area (Å²) in [5, 5.41) is 95.8. The number of nitrogens with zero attached hydrogens (tertiary/aromatic N) is 1. The average molecular weight is 868 g/mol. The second-order valence-electron chi connectivity index (χ2n) is 21.2. The van der Waals surface area contributed by atoms with Crippen molar-refractivity contribution in [1.29, 1.82) is 0 Å². The predicted molar refractivity (Wildman–Crippen MR) is 215 cm³/mol. The van der Waals surface area contributed by atoms with Crippen LogP contribution in [0.3, 0.4) is 0 Å². The van der Waals surface area contributed by atoms with Gasteiger partial charge < -0.3 is 74.4 Å². The number of hydrogen-bond donors (Lipinski definition) is 9. The fraction of sp³-hybridized carbons (Fsp3) is 0.956. The van der Waals surface area contributed by atoms with Crippen LogP contribution in [0.4, 0.5) is 0 Å². The van der Waals surface area contributed by atoms with Crippen LogP contribution in [0.25, 0.3) is 0 Å². The maximum atomic E-state index is 12.0. The van der Waals surface area contributed by atoms with E-state index >= 15 is 0 Å². The molecule has 4 aliphatic carbocycles. The number of allylic oxidation sites excluding steroid dienone is 1. The van der Waals surface area contributed by atoms with Gasteiger partial charge in [0.25, 0.3) is 0 Å². The van der Waals surface area contributed by atoms with Gasteiger partial charge in [0.05, 0.1) is 25.4 Å². The Balaban J connectivity index is 0.929. The highest BCUT2D eigenvalue weighted by molar-refractivity contribution is 5.27. The molecule has 0 bridgehead atoms. The summed E-state index contributed by atoms with van der Waals surface area (Å²) >= 11 is 0. The van der Waals surface area contributed by atoms with E-state index < -0.39 is 105 Å². The zero-order valence-electron chi connectivity index (χ0n) is 36.3. The summed E-state index contributed by atoms with van der Waals surface area (Å²) in [6.07, 6.45) is -10.8. The van der Waals surface area contributed by atoms with Crippen LogP contribution in [0.5, 0.6) is 0 Å². The van der Waals surface area contributed by atoms with Crippen molar-refractivity contribution in [2.45, 2.75) is 203 Å². The van der Waals surface area contributed by atoms with Crippen LogP contribution in [0.15, 0.2) is 11.6 Å². The summed E-state index contributed by atoms with van der Waals surface area (Å²) in [5.41, 5.74) is 1.75. The third kappa shape index (κ3) is 7.42. The number of aliphatic hydroxyl groups excluding tert-OH is 9. The number of ether oxygens (including phenoxy) is 6. The molecule has 5 aliphatic heterocycles. The van der Waals surface area contributed by atoms with Crippen molar-refractivity contribution >= 4 is 0 Å². The zero-order chi connectivity index (χ0) is 43.4. The van der Waals surface area contributed by atoms with Crippen LogP contribution in [0, 0.1) is 46.3 Å². The molecule has 0 aromatic carbocycles. The van der Waals surface area contributed by atoms with Crippen LogP contribution < -0.4 is 0 Å². The van der Waals surface area contributed by atoms with E-state index in [-0.39, 0.29) is 11.5 Å². The van der Waals surface area contributed by atoms with E-state index in [1.807, 2.05) is 0 Å². The molecule has 9 rings (SSSR count). The number of rotatable bonds is 8. The summed E-state index contributed by atoms with van der Waals surface area (Å²) in [6, 6.07) is 1.44. The Hall–Kier alpha value is -0.900. The second kappa shape index (κ2) is 17.1. The van der Waals surface area contributed by atoms with Gasteiger partial charge in [0.15, 0.2) is 18.9 Å². The van der Waals surface area contributed by atoms with Crippen LogP contribution >= 0.6 is 0 Å². The van der Waals surface area contributed by atoms with Crippen LogP contribution in [0.2, 0.25) is 0 Å². The Bertz CT molecular complexity index is 1590. The summed E-state index contributed by atoms with van der Waals surface area (Å²) < 4.78 is 36.5. The quantitative estimate of drug-likeness (QED) is 0.148. The van der Waals surface area contributed by atoms with Crippen molar-refractivity contribution in [1.82, 2.24) is 4.90 Å². The average Bonchev–Trinajstić information content (AvgIpc) is 3.71. The van der Waals surface area contributed by atoms with Crippen molar-refractivity contribution in [3.05, 3.63) is 11.6 Å². The summed E-state index contributed by atoms with van der Waals surface area (Å²) in [5.74, 6) is 4.19. The standard InChI is InChI=1S/C45H73NO15/c1-19-6-9-27-20(2)31-28(46(27)16-19)15-26-24-8-7-22-14-23(10-12-44(22,4)25(24)11-13-45(26,31)5)57-43-40(61-41-36(53)34(51)32(49)21(3)56-41)38(55)39(30(18-48)59-43)60-42-37(54)35(52)33(50)29(17-47)58-42/h7,19-21,23-43,47-55H,6,8-18H2,1-5H3/t19-,20+,21-,23-,24?,25?,26?,27?,28?,29+,30+,31?,32-,33+,34+,35-,36+,37+,38-,39+,40+,41-,42-,43+,44-,45-/m0/s1. The minimum atomic E-state index is -1.81. The van der Waals surface area contributed by atoms with Gasteiger partial charge in [-0.3, -0.25) is 4.90 Å². The molecule has 0 aromatic heterocycles. The SMILES string of the molecule is C[C@H]1CCC2[C@@H](C)C3C(CC4C5CC=C6C[C@@H](O[C@@H]7O[C@H](CO)[C@@H](O[C@@H]8O[C@H](CO)[C@@H](O)[C@H](O)[C@H]8O)[C@H](O)[C@H]7O[C@@H]7O[C@@H](C)[C@H](O)[C@@H](O)[C@H]7O)CC[C@]6(C)C5CC[C@@]43C)N2C1. The number of hydrogen-bond acceptors (Lipinski definition) is 16. The first-order valence-corrected chi connectivity index (χ1v) is 23.4. The smallest absolute Gasteiger partial charge is 0.187 e. The Morgan fingerprint density at radius 3 is 2.07 bits per heavy atom. The lowest BCUT2D eigenvalue weighted by atomic mass is 9.47. The fourth-order valence-electron chi connectivity index (χ4n) is 14.8. The van der Waals surface area contributed by atoms with Gasteiger partial charge in [0, 0.05) is 18.6 Å². The molecule has 0 amide bonds. The van der Waals surface area contributed by atoms with E-state index in [9.17, 15) is 46.0 Å². The van der Waals surface area contributed by atoms with Crippen molar-refractivity contribution in [3.8, 4) is 0 Å². The molecule has 0 radical (unpaired) electrons. The first-order chi connectivity index (χ1) is 29.0. The van der Waals surface area contributed by atoms with Gasteiger partial charge in [0.1, 0.15) is 67.1 Å². The van der Waals surface area contributed by atoms with Gasteiger partial charge >= 0.3 is 0 Å². The molecule has 9 aliphatic rings. The first-order valence-electron chi connectivity index (χ1n) is 23.4. The number of piperidine rings is 1. The summed E-state index contributed by atoms with van der Waals surface area (Å²) in [6.45, 7) is 11.4. The van der Waals surface area contributed by atoms with Crippen LogP contribution in [-0.2, 0) is 28.4 Å². The minimum absolute atomic E-state index is 0.0174. The molecule has 16 heteroatoms. The molecule has 9 N–H and O–H groups in total. The normalized spacial score (nSPS) is 57.3. The van der Waals surface area contributed by atoms with Gasteiger partial charge in [-0.25, -0.2) is 0 Å². The Morgan fingerprint density at radius 2 is 1.34 bits per heavy atom. The van der Waals surface area contributed by atoms with E-state index in [0.29, 0.717) is 42.1 Å². The van der Waals surface area contributed by atoms with Gasteiger partial charge in [-0.15, -0.1) is 0 Å². The van der Waals surface area contributed by atoms with Crippen molar-refractivity contribution < 1.29 is 74.4 Å². The maximum absolute atomic E-state index is 12.0. The first kappa shape index (κ1) is 45.3. The van der Waals surface area contributed by atoms with E-state index in [2.05, 4.69) is 38.7 Å².